The van der Waals surface area contributed by atoms with Crippen molar-refractivity contribution in [2.75, 3.05) is 33.4 Å². The molecule has 0 fully saturated rings. The zero-order chi connectivity index (χ0) is 25.7. The molecule has 0 aliphatic carbocycles. The number of nitrogens with zero attached hydrogens (tertiary/aromatic N) is 1. The first-order chi connectivity index (χ1) is 17.3. The minimum absolute atomic E-state index is 0.0497. The summed E-state index contributed by atoms with van der Waals surface area (Å²) in [5, 5.41) is 19.8. The van der Waals surface area contributed by atoms with Gasteiger partial charge in [0.1, 0.15) is 11.3 Å². The van der Waals surface area contributed by atoms with Crippen molar-refractivity contribution in [1.82, 2.24) is 4.31 Å². The van der Waals surface area contributed by atoms with Crippen LogP contribution in [-0.2, 0) is 24.3 Å². The number of rotatable bonds is 11. The van der Waals surface area contributed by atoms with Crippen LogP contribution >= 0.6 is 0 Å². The molecule has 3 aromatic rings. The molecule has 1 aliphatic rings. The maximum Gasteiger partial charge on any atom is 0.370 e. The highest BCUT2D eigenvalue weighted by Crippen LogP contribution is 2.36. The van der Waals surface area contributed by atoms with Crippen LogP contribution in [0.15, 0.2) is 75.9 Å². The van der Waals surface area contributed by atoms with Gasteiger partial charge >= 0.3 is 5.97 Å². The standard InChI is InChI=1S/C25H27NO9S/c1-32-18-6-8-19(9-7-18)36(30,31)26(10-12-27)11-13-33-24-15-17(14-23(35-24)25(28)29)21-16-34-22-5-3-2-4-20(21)22/h2-9,14,16-17,24,27H,10-13,15H2,1H3,(H,28,29)/t17-,24+/m0/s1. The van der Waals surface area contributed by atoms with Crippen LogP contribution in [0.4, 0.5) is 0 Å². The number of furan rings is 1. The molecule has 0 saturated heterocycles. The molecular weight excluding hydrogens is 490 g/mol. The molecule has 1 aliphatic heterocycles. The van der Waals surface area contributed by atoms with Crippen molar-refractivity contribution in [3.63, 3.8) is 0 Å². The van der Waals surface area contributed by atoms with Crippen molar-refractivity contribution in [3.05, 3.63) is 72.2 Å². The van der Waals surface area contributed by atoms with E-state index in [1.807, 2.05) is 24.3 Å². The number of fused-ring (bicyclic) bond motifs is 1. The number of aliphatic carboxylic acids is 1. The van der Waals surface area contributed by atoms with Crippen LogP contribution in [0.1, 0.15) is 17.9 Å². The van der Waals surface area contributed by atoms with Gasteiger partial charge in [0.2, 0.25) is 22.1 Å². The Balaban J connectivity index is 1.46. The molecule has 0 amide bonds. The lowest BCUT2D eigenvalue weighted by molar-refractivity contribution is -0.157. The number of carboxylic acid groups (broad SMARTS) is 1. The molecule has 192 valence electrons. The van der Waals surface area contributed by atoms with Gasteiger partial charge in [0.05, 0.1) is 31.5 Å². The lowest BCUT2D eigenvalue weighted by Gasteiger charge is -2.29. The predicted octanol–water partition coefficient (Wildman–Crippen LogP) is 2.94. The molecule has 2 aromatic carbocycles. The molecule has 0 saturated carbocycles. The number of allylic oxidation sites excluding steroid dienone is 1. The quantitative estimate of drug-likeness (QED) is 0.393. The molecule has 0 spiro atoms. The van der Waals surface area contributed by atoms with Crippen molar-refractivity contribution < 1.29 is 42.1 Å². The van der Waals surface area contributed by atoms with Crippen LogP contribution in [0.25, 0.3) is 11.0 Å². The zero-order valence-corrected chi connectivity index (χ0v) is 20.4. The summed E-state index contributed by atoms with van der Waals surface area (Å²) in [7, 11) is -2.42. The lowest BCUT2D eigenvalue weighted by Crippen LogP contribution is -2.37. The van der Waals surface area contributed by atoms with E-state index in [4.69, 9.17) is 18.6 Å². The number of aliphatic hydroxyl groups excluding tert-OH is 1. The van der Waals surface area contributed by atoms with Crippen molar-refractivity contribution in [2.24, 2.45) is 0 Å². The summed E-state index contributed by atoms with van der Waals surface area (Å²) in [5.74, 6) is -1.30. The lowest BCUT2D eigenvalue weighted by atomic mass is 9.92. The topological polar surface area (TPSA) is 136 Å². The summed E-state index contributed by atoms with van der Waals surface area (Å²) in [6, 6.07) is 13.4. The number of para-hydroxylation sites is 1. The molecule has 36 heavy (non-hydrogen) atoms. The first-order valence-corrected chi connectivity index (χ1v) is 12.7. The summed E-state index contributed by atoms with van der Waals surface area (Å²) in [5.41, 5.74) is 1.50. The van der Waals surface area contributed by atoms with E-state index in [9.17, 15) is 23.4 Å². The Labute approximate surface area is 208 Å². The molecule has 11 heteroatoms. The number of hydrogen-bond acceptors (Lipinski definition) is 8. The van der Waals surface area contributed by atoms with Gasteiger partial charge in [-0.25, -0.2) is 13.2 Å². The van der Waals surface area contributed by atoms with Crippen LogP contribution in [0.3, 0.4) is 0 Å². The van der Waals surface area contributed by atoms with E-state index in [0.717, 1.165) is 15.3 Å². The van der Waals surface area contributed by atoms with Crippen LogP contribution in [0.5, 0.6) is 5.75 Å². The van der Waals surface area contributed by atoms with E-state index in [0.29, 0.717) is 17.8 Å². The number of carbonyl (C=O) groups is 1. The van der Waals surface area contributed by atoms with Gasteiger partial charge in [-0.2, -0.15) is 4.31 Å². The normalized spacial score (nSPS) is 18.1. The van der Waals surface area contributed by atoms with E-state index in [1.165, 1.54) is 37.5 Å². The summed E-state index contributed by atoms with van der Waals surface area (Å²) in [4.78, 5) is 11.7. The number of hydrogen-bond donors (Lipinski definition) is 2. The van der Waals surface area contributed by atoms with Crippen molar-refractivity contribution in [3.8, 4) is 5.75 Å². The largest absolute Gasteiger partial charge is 0.497 e. The van der Waals surface area contributed by atoms with Gasteiger partial charge in [0.25, 0.3) is 0 Å². The number of ether oxygens (including phenoxy) is 3. The van der Waals surface area contributed by atoms with Gasteiger partial charge in [-0.15, -0.1) is 0 Å². The van der Waals surface area contributed by atoms with Crippen molar-refractivity contribution in [2.45, 2.75) is 23.5 Å². The Bertz CT molecular complexity index is 1330. The third-order valence-corrected chi connectivity index (χ3v) is 7.78. The second kappa shape index (κ2) is 11.1. The average Bonchev–Trinajstić information content (AvgIpc) is 3.32. The molecule has 0 radical (unpaired) electrons. The van der Waals surface area contributed by atoms with Crippen molar-refractivity contribution in [1.29, 1.82) is 0 Å². The van der Waals surface area contributed by atoms with Gasteiger partial charge in [-0.1, -0.05) is 18.2 Å². The van der Waals surface area contributed by atoms with Crippen molar-refractivity contribution >= 4 is 27.0 Å². The number of sulfonamides is 1. The monoisotopic (exact) mass is 517 g/mol. The maximum absolute atomic E-state index is 13.1. The van der Waals surface area contributed by atoms with Crippen LogP contribution in [-0.4, -0.2) is 68.6 Å². The highest BCUT2D eigenvalue weighted by Gasteiger charge is 2.31. The maximum atomic E-state index is 13.1. The SMILES string of the molecule is COc1ccc(S(=O)(=O)N(CCO)CCO[C@H]2C[C@@H](c3coc4ccccc34)C=C(C(=O)O)O2)cc1. The molecule has 2 heterocycles. The molecule has 10 nitrogen and oxygen atoms in total. The molecule has 1 aromatic heterocycles. The Kier molecular flexibility index (Phi) is 7.94. The fourth-order valence-corrected chi connectivity index (χ4v) is 5.47. The summed E-state index contributed by atoms with van der Waals surface area (Å²) < 4.78 is 49.2. The third kappa shape index (κ3) is 5.54. The molecule has 2 atom stereocenters. The molecule has 0 unspecified atom stereocenters. The van der Waals surface area contributed by atoms with E-state index in [2.05, 4.69) is 0 Å². The van der Waals surface area contributed by atoms with Gasteiger partial charge in [-0.3, -0.25) is 0 Å². The summed E-state index contributed by atoms with van der Waals surface area (Å²) in [6.45, 7) is -0.657. The molecule has 2 N–H and O–H groups in total. The summed E-state index contributed by atoms with van der Waals surface area (Å²) in [6.07, 6.45) is 2.51. The average molecular weight is 518 g/mol. The minimum atomic E-state index is -3.91. The smallest absolute Gasteiger partial charge is 0.370 e. The Morgan fingerprint density at radius 2 is 1.89 bits per heavy atom. The van der Waals surface area contributed by atoms with E-state index >= 15 is 0 Å². The van der Waals surface area contributed by atoms with Gasteiger partial charge in [-0.05, 0) is 36.4 Å². The fraction of sp³-hybridized carbons (Fsp3) is 0.320. The van der Waals surface area contributed by atoms with Crippen LogP contribution in [0, 0.1) is 0 Å². The summed E-state index contributed by atoms with van der Waals surface area (Å²) >= 11 is 0. The Morgan fingerprint density at radius 3 is 2.58 bits per heavy atom. The Hall–Kier alpha value is -3.38. The van der Waals surface area contributed by atoms with Crippen LogP contribution < -0.4 is 4.74 Å². The highest BCUT2D eigenvalue weighted by atomic mass is 32.2. The number of carboxylic acids is 1. The number of benzene rings is 2. The molecule has 4 rings (SSSR count). The third-order valence-electron chi connectivity index (χ3n) is 5.87. The van der Waals surface area contributed by atoms with E-state index in [-0.39, 0.29) is 42.9 Å². The second-order valence-corrected chi connectivity index (χ2v) is 10.0. The Morgan fingerprint density at radius 1 is 1.14 bits per heavy atom. The fourth-order valence-electron chi connectivity index (χ4n) is 4.06. The number of methoxy groups -OCH3 is 1. The van der Waals surface area contributed by atoms with Crippen LogP contribution in [0.2, 0.25) is 0 Å². The number of aliphatic hydroxyl groups is 1. The predicted molar refractivity (Wildman–Crippen MR) is 129 cm³/mol. The first kappa shape index (κ1) is 25.7. The first-order valence-electron chi connectivity index (χ1n) is 11.3. The van der Waals surface area contributed by atoms with Gasteiger partial charge in [0, 0.05) is 36.4 Å². The van der Waals surface area contributed by atoms with E-state index < -0.39 is 22.3 Å². The highest BCUT2D eigenvalue weighted by molar-refractivity contribution is 7.89. The zero-order valence-electron chi connectivity index (χ0n) is 19.6. The second-order valence-electron chi connectivity index (χ2n) is 8.09. The molecular formula is C25H27NO9S. The molecule has 0 bridgehead atoms. The van der Waals surface area contributed by atoms with E-state index in [1.54, 1.807) is 6.26 Å². The van der Waals surface area contributed by atoms with Gasteiger partial charge in [0.15, 0.2) is 0 Å². The minimum Gasteiger partial charge on any atom is -0.497 e. The van der Waals surface area contributed by atoms with Gasteiger partial charge < -0.3 is 28.8 Å².